The first-order valence-corrected chi connectivity index (χ1v) is 11.9. The second kappa shape index (κ2) is 10.1. The number of hydrogen-bond acceptors (Lipinski definition) is 4. The Morgan fingerprint density at radius 2 is 1.71 bits per heavy atom. The van der Waals surface area contributed by atoms with Crippen LogP contribution in [0.15, 0.2) is 36.4 Å². The maximum Gasteiger partial charge on any atom is 0.416 e. The number of nitrogens with zero attached hydrogens (tertiary/aromatic N) is 1. The summed E-state index contributed by atoms with van der Waals surface area (Å²) in [6.45, 7) is 4.72. The van der Waals surface area contributed by atoms with Crippen molar-refractivity contribution >= 4 is 40.5 Å². The number of ether oxygens (including phenoxy) is 1. The summed E-state index contributed by atoms with van der Waals surface area (Å²) in [5.74, 6) is -0.929. The molecule has 0 amide bonds. The number of thiazole rings is 1. The molecular weight excluding hydrogens is 510 g/mol. The van der Waals surface area contributed by atoms with Crippen LogP contribution in [-0.2, 0) is 23.8 Å². The molecule has 0 atom stereocenters. The molecule has 2 aromatic carbocycles. The van der Waals surface area contributed by atoms with Gasteiger partial charge in [-0.05, 0) is 63.8 Å². The van der Waals surface area contributed by atoms with Crippen LogP contribution in [0.25, 0.3) is 10.6 Å². The smallest absolute Gasteiger partial charge is 0.416 e. The van der Waals surface area contributed by atoms with Gasteiger partial charge in [0.2, 0.25) is 0 Å². The van der Waals surface area contributed by atoms with E-state index in [1.54, 1.807) is 12.1 Å². The quantitative estimate of drug-likeness (QED) is 0.321. The molecule has 0 radical (unpaired) electrons. The number of carbonyl (C=O) groups is 1. The van der Waals surface area contributed by atoms with Gasteiger partial charge in [-0.1, -0.05) is 41.4 Å². The third-order valence-corrected chi connectivity index (χ3v) is 7.38. The normalized spacial score (nSPS) is 12.1. The highest BCUT2D eigenvalue weighted by Gasteiger charge is 2.31. The number of aromatic nitrogens is 1. The van der Waals surface area contributed by atoms with E-state index in [0.717, 1.165) is 34.7 Å². The van der Waals surface area contributed by atoms with Crippen LogP contribution in [0.5, 0.6) is 5.75 Å². The molecule has 0 saturated heterocycles. The van der Waals surface area contributed by atoms with E-state index >= 15 is 0 Å². The number of aliphatic carboxylic acids is 1. The molecule has 0 aliphatic rings. The molecule has 0 aliphatic carbocycles. The first kappa shape index (κ1) is 26.3. The van der Waals surface area contributed by atoms with Crippen LogP contribution < -0.4 is 4.74 Å². The van der Waals surface area contributed by atoms with Gasteiger partial charge in [-0.3, -0.25) is 0 Å². The van der Waals surface area contributed by atoms with E-state index in [-0.39, 0.29) is 10.8 Å². The predicted octanol–water partition coefficient (Wildman–Crippen LogP) is 7.86. The lowest BCUT2D eigenvalue weighted by Gasteiger charge is -2.23. The van der Waals surface area contributed by atoms with Gasteiger partial charge in [-0.25, -0.2) is 9.78 Å². The number of halogens is 5. The lowest BCUT2D eigenvalue weighted by atomic mass is 10.1. The Morgan fingerprint density at radius 3 is 2.29 bits per heavy atom. The van der Waals surface area contributed by atoms with E-state index in [9.17, 15) is 23.1 Å². The zero-order chi connectivity index (χ0) is 25.3. The van der Waals surface area contributed by atoms with Gasteiger partial charge < -0.3 is 9.84 Å². The zero-order valence-corrected chi connectivity index (χ0v) is 20.9. The molecule has 0 saturated carbocycles. The highest BCUT2D eigenvalue weighted by Crippen LogP contribution is 2.38. The molecule has 1 aromatic heterocycles. The number of alkyl halides is 3. The van der Waals surface area contributed by atoms with Crippen molar-refractivity contribution in [3.8, 4) is 16.3 Å². The van der Waals surface area contributed by atoms with Crippen molar-refractivity contribution < 1.29 is 27.8 Å². The fraction of sp³-hybridized carbons (Fsp3) is 0.333. The minimum Gasteiger partial charge on any atom is -0.478 e. The number of hydrogen-bond donors (Lipinski definition) is 1. The SMILES string of the molecule is Cc1nc(-c2ccc(C(F)(F)F)cc2)sc1CCCc1ccc(OC(C)(C)C(=O)O)c(Cl)c1Cl. The van der Waals surface area contributed by atoms with Crippen LogP contribution in [0.2, 0.25) is 10.0 Å². The number of aryl methyl sites for hydroxylation is 3. The Balaban J connectivity index is 1.66. The van der Waals surface area contributed by atoms with Crippen LogP contribution in [-0.4, -0.2) is 21.7 Å². The fourth-order valence-corrected chi connectivity index (χ4v) is 4.77. The first-order valence-electron chi connectivity index (χ1n) is 10.3. The van der Waals surface area contributed by atoms with E-state index in [1.807, 2.05) is 6.92 Å². The third-order valence-electron chi connectivity index (χ3n) is 5.21. The zero-order valence-electron chi connectivity index (χ0n) is 18.6. The van der Waals surface area contributed by atoms with Gasteiger partial charge in [0, 0.05) is 10.4 Å². The number of carboxylic acid groups (broad SMARTS) is 1. The Bertz CT molecular complexity index is 1190. The molecule has 0 bridgehead atoms. The average molecular weight is 532 g/mol. The summed E-state index contributed by atoms with van der Waals surface area (Å²) in [7, 11) is 0. The van der Waals surface area contributed by atoms with Crippen LogP contribution in [0.1, 0.15) is 42.0 Å². The van der Waals surface area contributed by atoms with Crippen molar-refractivity contribution in [2.24, 2.45) is 0 Å². The molecular formula is C24H22Cl2F3NO3S. The van der Waals surface area contributed by atoms with Gasteiger partial charge in [-0.2, -0.15) is 13.2 Å². The van der Waals surface area contributed by atoms with Gasteiger partial charge in [0.1, 0.15) is 15.8 Å². The van der Waals surface area contributed by atoms with E-state index in [0.29, 0.717) is 28.4 Å². The summed E-state index contributed by atoms with van der Waals surface area (Å²) in [5, 5.41) is 10.4. The second-order valence-electron chi connectivity index (χ2n) is 8.22. The minimum absolute atomic E-state index is 0.159. The highest BCUT2D eigenvalue weighted by molar-refractivity contribution is 7.15. The minimum atomic E-state index is -4.37. The molecule has 1 N–H and O–H groups in total. The Morgan fingerprint density at radius 1 is 1.06 bits per heavy atom. The topological polar surface area (TPSA) is 59.4 Å². The van der Waals surface area contributed by atoms with Gasteiger partial charge in [0.25, 0.3) is 0 Å². The molecule has 4 nitrogen and oxygen atoms in total. The van der Waals surface area contributed by atoms with E-state index in [1.165, 1.54) is 37.3 Å². The maximum absolute atomic E-state index is 12.8. The lowest BCUT2D eigenvalue weighted by Crippen LogP contribution is -2.38. The molecule has 0 spiro atoms. The summed E-state index contributed by atoms with van der Waals surface area (Å²) in [5.41, 5.74) is 0.134. The van der Waals surface area contributed by atoms with Crippen molar-refractivity contribution in [2.45, 2.75) is 51.8 Å². The fourth-order valence-electron chi connectivity index (χ4n) is 3.19. The predicted molar refractivity (Wildman–Crippen MR) is 128 cm³/mol. The molecule has 3 rings (SSSR count). The average Bonchev–Trinajstić information content (AvgIpc) is 3.13. The van der Waals surface area contributed by atoms with Gasteiger partial charge in [0.05, 0.1) is 16.3 Å². The standard InChI is InChI=1S/C24H22Cl2F3NO3S/c1-13-18(34-21(30-13)15-7-10-16(11-8-15)24(27,28)29)6-4-5-14-9-12-17(20(26)19(14)25)33-23(2,3)22(31)32/h7-12H,4-6H2,1-3H3,(H,31,32). The van der Waals surface area contributed by atoms with E-state index in [2.05, 4.69) is 4.98 Å². The molecule has 0 aliphatic heterocycles. The van der Waals surface area contributed by atoms with Crippen LogP contribution in [0.4, 0.5) is 13.2 Å². The third kappa shape index (κ3) is 6.03. The van der Waals surface area contributed by atoms with Crippen molar-refractivity contribution in [1.82, 2.24) is 4.98 Å². The Kier molecular flexibility index (Phi) is 7.85. The Hall–Kier alpha value is -2.29. The van der Waals surface area contributed by atoms with E-state index < -0.39 is 23.3 Å². The molecule has 0 fully saturated rings. The number of benzene rings is 2. The summed E-state index contributed by atoms with van der Waals surface area (Å²) in [4.78, 5) is 16.8. The summed E-state index contributed by atoms with van der Waals surface area (Å²) in [6, 6.07) is 8.35. The molecule has 0 unspecified atom stereocenters. The van der Waals surface area contributed by atoms with E-state index in [4.69, 9.17) is 27.9 Å². The second-order valence-corrected chi connectivity index (χ2v) is 10.1. The van der Waals surface area contributed by atoms with Crippen molar-refractivity contribution in [1.29, 1.82) is 0 Å². The van der Waals surface area contributed by atoms with Gasteiger partial charge in [-0.15, -0.1) is 11.3 Å². The maximum atomic E-state index is 12.8. The molecule has 10 heteroatoms. The molecule has 182 valence electrons. The van der Waals surface area contributed by atoms with Crippen molar-refractivity contribution in [3.63, 3.8) is 0 Å². The highest BCUT2D eigenvalue weighted by atomic mass is 35.5. The van der Waals surface area contributed by atoms with Crippen LogP contribution >= 0.6 is 34.5 Å². The van der Waals surface area contributed by atoms with Crippen LogP contribution in [0.3, 0.4) is 0 Å². The van der Waals surface area contributed by atoms with Crippen molar-refractivity contribution in [3.05, 3.63) is 68.1 Å². The number of rotatable bonds is 8. The molecule has 34 heavy (non-hydrogen) atoms. The lowest BCUT2D eigenvalue weighted by molar-refractivity contribution is -0.152. The van der Waals surface area contributed by atoms with Gasteiger partial charge in [0.15, 0.2) is 5.60 Å². The van der Waals surface area contributed by atoms with Crippen molar-refractivity contribution in [2.75, 3.05) is 0 Å². The summed E-state index contributed by atoms with van der Waals surface area (Å²) >= 11 is 14.2. The molecule has 3 aromatic rings. The Labute approximate surface area is 209 Å². The summed E-state index contributed by atoms with van der Waals surface area (Å²) < 4.78 is 43.9. The van der Waals surface area contributed by atoms with Gasteiger partial charge >= 0.3 is 12.1 Å². The summed E-state index contributed by atoms with van der Waals surface area (Å²) in [6.07, 6.45) is -2.30. The molecule has 1 heterocycles. The first-order chi connectivity index (χ1) is 15.8. The van der Waals surface area contributed by atoms with Crippen LogP contribution in [0, 0.1) is 6.92 Å². The number of carboxylic acids is 1. The largest absolute Gasteiger partial charge is 0.478 e. The monoisotopic (exact) mass is 531 g/mol.